The smallest absolute Gasteiger partial charge is 0.242 e. The molecular weight excluding hydrogens is 280 g/mol. The number of hydrogen-bond donors (Lipinski definition) is 2. The Morgan fingerprint density at radius 2 is 2.06 bits per heavy atom. The summed E-state index contributed by atoms with van der Waals surface area (Å²) in [6.07, 6.45) is 0. The number of aryl methyl sites for hydroxylation is 2. The molecular formula is C13H19BrN2O. The topological polar surface area (TPSA) is 41.1 Å². The van der Waals surface area contributed by atoms with E-state index in [1.807, 2.05) is 26.8 Å². The van der Waals surface area contributed by atoms with Gasteiger partial charge in [-0.15, -0.1) is 0 Å². The number of carbonyl (C=O) groups excluding carboxylic acids is 1. The Labute approximate surface area is 111 Å². The molecule has 0 fully saturated rings. The molecule has 0 radical (unpaired) electrons. The number of rotatable bonds is 4. The van der Waals surface area contributed by atoms with Gasteiger partial charge in [0.25, 0.3) is 0 Å². The van der Waals surface area contributed by atoms with Crippen LogP contribution in [0.5, 0.6) is 0 Å². The summed E-state index contributed by atoms with van der Waals surface area (Å²) in [6.45, 7) is 8.51. The van der Waals surface area contributed by atoms with Gasteiger partial charge in [0, 0.05) is 11.0 Å². The average Bonchev–Trinajstić information content (AvgIpc) is 2.23. The second-order valence-electron chi connectivity index (χ2n) is 4.20. The second kappa shape index (κ2) is 6.05. The summed E-state index contributed by atoms with van der Waals surface area (Å²) in [5.74, 6) is 0.0133. The minimum Gasteiger partial charge on any atom is -0.373 e. The summed E-state index contributed by atoms with van der Waals surface area (Å²) in [4.78, 5) is 11.6. The highest BCUT2D eigenvalue weighted by Crippen LogP contribution is 2.28. The van der Waals surface area contributed by atoms with Crippen molar-refractivity contribution in [2.45, 2.75) is 33.7 Å². The minimum absolute atomic E-state index is 0.0133. The van der Waals surface area contributed by atoms with Crippen molar-refractivity contribution in [3.63, 3.8) is 0 Å². The average molecular weight is 299 g/mol. The third kappa shape index (κ3) is 3.73. The van der Waals surface area contributed by atoms with Crippen LogP contribution >= 0.6 is 15.9 Å². The third-order valence-corrected chi connectivity index (χ3v) is 3.16. The molecule has 1 amide bonds. The van der Waals surface area contributed by atoms with E-state index in [-0.39, 0.29) is 11.9 Å². The number of nitrogens with one attached hydrogen (secondary N) is 2. The zero-order valence-corrected chi connectivity index (χ0v) is 12.3. The van der Waals surface area contributed by atoms with Gasteiger partial charge < -0.3 is 10.6 Å². The number of hydrogen-bond acceptors (Lipinski definition) is 2. The largest absolute Gasteiger partial charge is 0.373 e. The second-order valence-corrected chi connectivity index (χ2v) is 5.05. The van der Waals surface area contributed by atoms with E-state index in [2.05, 4.69) is 39.6 Å². The lowest BCUT2D eigenvalue weighted by molar-refractivity contribution is -0.121. The lowest BCUT2D eigenvalue weighted by atomic mass is 10.1. The number of benzene rings is 1. The highest BCUT2D eigenvalue weighted by Gasteiger charge is 2.14. The summed E-state index contributed by atoms with van der Waals surface area (Å²) >= 11 is 3.52. The fourth-order valence-corrected chi connectivity index (χ4v) is 2.50. The van der Waals surface area contributed by atoms with E-state index in [9.17, 15) is 4.79 Å². The fourth-order valence-electron chi connectivity index (χ4n) is 1.71. The van der Waals surface area contributed by atoms with Crippen LogP contribution in [0.25, 0.3) is 0 Å². The van der Waals surface area contributed by atoms with Gasteiger partial charge in [0.2, 0.25) is 5.91 Å². The van der Waals surface area contributed by atoms with Crippen LogP contribution in [-0.2, 0) is 4.79 Å². The van der Waals surface area contributed by atoms with Gasteiger partial charge in [-0.2, -0.15) is 0 Å². The van der Waals surface area contributed by atoms with Crippen LogP contribution in [0.2, 0.25) is 0 Å². The van der Waals surface area contributed by atoms with Gasteiger partial charge in [-0.1, -0.05) is 6.07 Å². The van der Waals surface area contributed by atoms with Gasteiger partial charge in [0.1, 0.15) is 6.04 Å². The zero-order chi connectivity index (χ0) is 13.0. The van der Waals surface area contributed by atoms with E-state index in [0.717, 1.165) is 15.7 Å². The van der Waals surface area contributed by atoms with Crippen molar-refractivity contribution in [2.75, 3.05) is 11.9 Å². The molecule has 0 aromatic heterocycles. The molecule has 0 spiro atoms. The summed E-state index contributed by atoms with van der Waals surface area (Å²) in [6, 6.07) is 3.89. The van der Waals surface area contributed by atoms with Crippen molar-refractivity contribution < 1.29 is 4.79 Å². The Morgan fingerprint density at radius 3 is 2.59 bits per heavy atom. The molecule has 0 aliphatic carbocycles. The van der Waals surface area contributed by atoms with E-state index in [0.29, 0.717) is 6.54 Å². The molecule has 1 aromatic carbocycles. The maximum absolute atomic E-state index is 11.6. The number of carbonyl (C=O) groups is 1. The van der Waals surface area contributed by atoms with Crippen molar-refractivity contribution in [3.05, 3.63) is 27.7 Å². The van der Waals surface area contributed by atoms with E-state index >= 15 is 0 Å². The molecule has 1 atom stereocenters. The summed E-state index contributed by atoms with van der Waals surface area (Å²) in [5.41, 5.74) is 3.31. The van der Waals surface area contributed by atoms with Crippen molar-refractivity contribution in [2.24, 2.45) is 0 Å². The predicted octanol–water partition coefficient (Wildman–Crippen LogP) is 3.00. The van der Waals surface area contributed by atoms with Crippen LogP contribution in [0.4, 0.5) is 5.69 Å². The molecule has 1 rings (SSSR count). The van der Waals surface area contributed by atoms with Crippen molar-refractivity contribution >= 4 is 27.5 Å². The van der Waals surface area contributed by atoms with Gasteiger partial charge in [-0.25, -0.2) is 0 Å². The van der Waals surface area contributed by atoms with Crippen molar-refractivity contribution in [1.29, 1.82) is 0 Å². The normalized spacial score (nSPS) is 12.1. The molecule has 1 aromatic rings. The van der Waals surface area contributed by atoms with Crippen LogP contribution in [0.1, 0.15) is 25.0 Å². The standard InChI is InChI=1S/C13H19BrN2O/c1-5-15-13(17)10(4)16-12-9(3)6-8(2)7-11(12)14/h6-7,10,16H,5H2,1-4H3,(H,15,17). The summed E-state index contributed by atoms with van der Waals surface area (Å²) in [7, 11) is 0. The molecule has 1 unspecified atom stereocenters. The van der Waals surface area contributed by atoms with E-state index in [1.54, 1.807) is 0 Å². The summed E-state index contributed by atoms with van der Waals surface area (Å²) < 4.78 is 0.992. The van der Waals surface area contributed by atoms with Crippen LogP contribution in [0.15, 0.2) is 16.6 Å². The predicted molar refractivity (Wildman–Crippen MR) is 75.4 cm³/mol. The first-order valence-corrected chi connectivity index (χ1v) is 6.56. The van der Waals surface area contributed by atoms with Crippen molar-refractivity contribution in [1.82, 2.24) is 5.32 Å². The maximum atomic E-state index is 11.6. The fraction of sp³-hybridized carbons (Fsp3) is 0.462. The molecule has 0 saturated heterocycles. The van der Waals surface area contributed by atoms with Gasteiger partial charge in [-0.05, 0) is 60.8 Å². The van der Waals surface area contributed by atoms with Crippen molar-refractivity contribution in [3.8, 4) is 0 Å². The lowest BCUT2D eigenvalue weighted by Crippen LogP contribution is -2.37. The zero-order valence-electron chi connectivity index (χ0n) is 10.7. The Bertz CT molecular complexity index is 395. The first-order valence-electron chi connectivity index (χ1n) is 5.76. The van der Waals surface area contributed by atoms with Gasteiger partial charge in [-0.3, -0.25) is 4.79 Å². The molecule has 0 aliphatic heterocycles. The Morgan fingerprint density at radius 1 is 1.41 bits per heavy atom. The molecule has 94 valence electrons. The van der Waals surface area contributed by atoms with Crippen LogP contribution in [0, 0.1) is 13.8 Å². The molecule has 4 heteroatoms. The Hall–Kier alpha value is -1.03. The number of amides is 1. The first-order chi connectivity index (χ1) is 7.95. The highest BCUT2D eigenvalue weighted by molar-refractivity contribution is 9.10. The minimum atomic E-state index is -0.243. The Kier molecular flexibility index (Phi) is 5.00. The van der Waals surface area contributed by atoms with Gasteiger partial charge in [0.15, 0.2) is 0 Å². The Balaban J connectivity index is 2.85. The van der Waals surface area contributed by atoms with Crippen LogP contribution in [0.3, 0.4) is 0 Å². The van der Waals surface area contributed by atoms with E-state index in [4.69, 9.17) is 0 Å². The molecule has 0 saturated carbocycles. The number of likely N-dealkylation sites (N-methyl/N-ethyl adjacent to an activating group) is 1. The molecule has 2 N–H and O–H groups in total. The van der Waals surface area contributed by atoms with E-state index in [1.165, 1.54) is 5.56 Å². The van der Waals surface area contributed by atoms with E-state index < -0.39 is 0 Å². The molecule has 0 bridgehead atoms. The lowest BCUT2D eigenvalue weighted by Gasteiger charge is -2.18. The molecule has 3 nitrogen and oxygen atoms in total. The van der Waals surface area contributed by atoms with Crippen LogP contribution < -0.4 is 10.6 Å². The number of halogens is 1. The van der Waals surface area contributed by atoms with Gasteiger partial charge >= 0.3 is 0 Å². The molecule has 17 heavy (non-hydrogen) atoms. The van der Waals surface area contributed by atoms with Gasteiger partial charge in [0.05, 0.1) is 5.69 Å². The third-order valence-electron chi connectivity index (χ3n) is 2.54. The van der Waals surface area contributed by atoms with Crippen LogP contribution in [-0.4, -0.2) is 18.5 Å². The highest BCUT2D eigenvalue weighted by atomic mass is 79.9. The maximum Gasteiger partial charge on any atom is 0.242 e. The first kappa shape index (κ1) is 14.0. The molecule has 0 aliphatic rings. The number of anilines is 1. The molecule has 0 heterocycles. The monoisotopic (exact) mass is 298 g/mol. The summed E-state index contributed by atoms with van der Waals surface area (Å²) in [5, 5.41) is 6.03. The SMILES string of the molecule is CCNC(=O)C(C)Nc1c(C)cc(C)cc1Br. The quantitative estimate of drug-likeness (QED) is 0.897.